The second-order valence-corrected chi connectivity index (χ2v) is 8.59. The fraction of sp³-hybridized carbons (Fsp3) is 0.259. The van der Waals surface area contributed by atoms with Gasteiger partial charge in [0.2, 0.25) is 5.88 Å². The minimum absolute atomic E-state index is 0. The van der Waals surface area contributed by atoms with Crippen LogP contribution in [0.5, 0.6) is 5.88 Å². The Labute approximate surface area is 240 Å². The first kappa shape index (κ1) is 30.9. The average molecular weight is 576 g/mol. The number of rotatable bonds is 6. The zero-order chi connectivity index (χ0) is 24.2. The lowest BCUT2D eigenvalue weighted by Crippen LogP contribution is -2.50. The van der Waals surface area contributed by atoms with Crippen molar-refractivity contribution in [2.24, 2.45) is 0 Å². The minimum Gasteiger partial charge on any atom is -0.481 e. The van der Waals surface area contributed by atoms with Crippen molar-refractivity contribution in [3.63, 3.8) is 0 Å². The van der Waals surface area contributed by atoms with Crippen LogP contribution >= 0.6 is 37.2 Å². The lowest BCUT2D eigenvalue weighted by Gasteiger charge is -2.39. The summed E-state index contributed by atoms with van der Waals surface area (Å²) in [5, 5.41) is 9.92. The van der Waals surface area contributed by atoms with Crippen molar-refractivity contribution < 1.29 is 9.53 Å². The third-order valence-electron chi connectivity index (χ3n) is 6.56. The number of carbonyl (C=O) groups excluding carboxylic acids is 1. The molecule has 1 unspecified atom stereocenters. The summed E-state index contributed by atoms with van der Waals surface area (Å²) >= 11 is 0. The number of methoxy groups -OCH3 is 1. The van der Waals surface area contributed by atoms with E-state index in [4.69, 9.17) is 10.00 Å². The summed E-state index contributed by atoms with van der Waals surface area (Å²) < 4.78 is 5.34. The number of aromatic nitrogens is 3. The summed E-state index contributed by atoms with van der Waals surface area (Å²) in [4.78, 5) is 29.8. The van der Waals surface area contributed by atoms with Crippen molar-refractivity contribution in [1.29, 1.82) is 5.26 Å². The van der Waals surface area contributed by atoms with Gasteiger partial charge in [-0.15, -0.1) is 37.2 Å². The van der Waals surface area contributed by atoms with Gasteiger partial charge >= 0.3 is 0 Å². The van der Waals surface area contributed by atoms with Crippen LogP contribution < -0.4 is 4.74 Å². The first-order valence-electron chi connectivity index (χ1n) is 11.6. The number of ether oxygens (including phenoxy) is 1. The van der Waals surface area contributed by atoms with Crippen LogP contribution in [0.1, 0.15) is 33.2 Å². The molecule has 1 aliphatic rings. The maximum Gasteiger partial charge on any atom is 0.254 e. The molecule has 0 aliphatic carbocycles. The highest BCUT2D eigenvalue weighted by Crippen LogP contribution is 2.27. The van der Waals surface area contributed by atoms with E-state index < -0.39 is 0 Å². The maximum absolute atomic E-state index is 13.5. The maximum atomic E-state index is 13.5. The number of pyridine rings is 1. The molecular weight excluding hydrogens is 547 g/mol. The van der Waals surface area contributed by atoms with Crippen molar-refractivity contribution in [2.75, 3.05) is 33.3 Å². The number of nitriles is 1. The number of hydrogen-bond donors (Lipinski definition) is 1. The molecule has 5 rings (SSSR count). The van der Waals surface area contributed by atoms with Gasteiger partial charge in [0.05, 0.1) is 47.9 Å². The number of piperazine rings is 1. The van der Waals surface area contributed by atoms with E-state index in [1.54, 1.807) is 19.5 Å². The normalized spacial score (nSPS) is 13.8. The second-order valence-electron chi connectivity index (χ2n) is 8.59. The Morgan fingerprint density at radius 3 is 2.42 bits per heavy atom. The standard InChI is InChI=1S/C27H26N6O2.3ClH/c1-35-26-15-22(21-4-2-3-5-23(21)31-26)27(34)33-12-10-32(11-13-33)25(24-17-29-18-30-24)14-19-6-8-20(16-28)9-7-19;;;/h2-9,15,17-18,25H,10-14H2,1H3,(H,29,30);3*1H. The largest absolute Gasteiger partial charge is 0.481 e. The number of nitrogens with zero attached hydrogens (tertiary/aromatic N) is 5. The number of fused-ring (bicyclic) bond motifs is 1. The van der Waals surface area contributed by atoms with Gasteiger partial charge < -0.3 is 14.6 Å². The Morgan fingerprint density at radius 2 is 1.79 bits per heavy atom. The van der Waals surface area contributed by atoms with Gasteiger partial charge in [-0.3, -0.25) is 9.69 Å². The van der Waals surface area contributed by atoms with E-state index in [1.165, 1.54) is 0 Å². The molecule has 0 spiro atoms. The van der Waals surface area contributed by atoms with E-state index in [-0.39, 0.29) is 49.2 Å². The summed E-state index contributed by atoms with van der Waals surface area (Å²) in [6, 6.07) is 19.4. The Kier molecular flexibility index (Phi) is 11.4. The number of hydrogen-bond acceptors (Lipinski definition) is 6. The van der Waals surface area contributed by atoms with E-state index in [1.807, 2.05) is 59.6 Å². The molecule has 0 radical (unpaired) electrons. The fourth-order valence-electron chi connectivity index (χ4n) is 4.66. The summed E-state index contributed by atoms with van der Waals surface area (Å²) in [7, 11) is 1.56. The average Bonchev–Trinajstić information content (AvgIpc) is 3.46. The number of aromatic amines is 1. The highest BCUT2D eigenvalue weighted by Gasteiger charge is 2.29. The smallest absolute Gasteiger partial charge is 0.254 e. The second kappa shape index (κ2) is 14.0. The van der Waals surface area contributed by atoms with Gasteiger partial charge in [0.1, 0.15) is 0 Å². The highest BCUT2D eigenvalue weighted by molar-refractivity contribution is 6.06. The van der Waals surface area contributed by atoms with Gasteiger partial charge in [-0.25, -0.2) is 9.97 Å². The van der Waals surface area contributed by atoms with Crippen LogP contribution in [-0.4, -0.2) is 63.9 Å². The molecular formula is C27H29Cl3N6O2. The van der Waals surface area contributed by atoms with Crippen molar-refractivity contribution in [1.82, 2.24) is 24.8 Å². The molecule has 38 heavy (non-hydrogen) atoms. The zero-order valence-electron chi connectivity index (χ0n) is 20.7. The molecule has 11 heteroatoms. The van der Waals surface area contributed by atoms with Gasteiger partial charge in [-0.05, 0) is 30.2 Å². The number of para-hydroxylation sites is 1. The van der Waals surface area contributed by atoms with Gasteiger partial charge in [-0.1, -0.05) is 30.3 Å². The van der Waals surface area contributed by atoms with Crippen LogP contribution in [0.2, 0.25) is 0 Å². The summed E-state index contributed by atoms with van der Waals surface area (Å²) in [5.41, 5.74) is 4.20. The Hall–Kier alpha value is -3.35. The predicted molar refractivity (Wildman–Crippen MR) is 154 cm³/mol. The Balaban J connectivity index is 0.00000169. The zero-order valence-corrected chi connectivity index (χ0v) is 23.2. The van der Waals surface area contributed by atoms with Gasteiger partial charge in [0.25, 0.3) is 5.91 Å². The molecule has 2 aromatic carbocycles. The van der Waals surface area contributed by atoms with Crippen LogP contribution in [0.25, 0.3) is 10.9 Å². The first-order chi connectivity index (χ1) is 17.2. The molecule has 200 valence electrons. The quantitative estimate of drug-likeness (QED) is 0.353. The van der Waals surface area contributed by atoms with Crippen LogP contribution in [0.3, 0.4) is 0 Å². The molecule has 2 aromatic heterocycles. The minimum atomic E-state index is -0.00766. The van der Waals surface area contributed by atoms with Crippen LogP contribution in [0.15, 0.2) is 67.1 Å². The predicted octanol–water partition coefficient (Wildman–Crippen LogP) is 4.85. The number of carbonyl (C=O) groups is 1. The monoisotopic (exact) mass is 574 g/mol. The van der Waals surface area contributed by atoms with Crippen molar-refractivity contribution in [3.05, 3.63) is 89.5 Å². The van der Waals surface area contributed by atoms with Crippen LogP contribution in [0.4, 0.5) is 0 Å². The third-order valence-corrected chi connectivity index (χ3v) is 6.56. The highest BCUT2D eigenvalue weighted by atomic mass is 35.5. The van der Waals surface area contributed by atoms with E-state index >= 15 is 0 Å². The van der Waals surface area contributed by atoms with E-state index in [2.05, 4.69) is 25.9 Å². The first-order valence-corrected chi connectivity index (χ1v) is 11.6. The fourth-order valence-corrected chi connectivity index (χ4v) is 4.66. The number of benzene rings is 2. The lowest BCUT2D eigenvalue weighted by atomic mass is 10.00. The van der Waals surface area contributed by atoms with Crippen molar-refractivity contribution >= 4 is 54.0 Å². The van der Waals surface area contributed by atoms with Crippen molar-refractivity contribution in [2.45, 2.75) is 12.5 Å². The Bertz CT molecular complexity index is 1370. The SMILES string of the molecule is COc1cc(C(=O)N2CCN(C(Cc3ccc(C#N)cc3)c3cnc[nH]3)CC2)c2ccccc2n1.Cl.Cl.Cl. The summed E-state index contributed by atoms with van der Waals surface area (Å²) in [6.45, 7) is 2.73. The molecule has 0 saturated carbocycles. The van der Waals surface area contributed by atoms with Crippen molar-refractivity contribution in [3.8, 4) is 11.9 Å². The molecule has 1 amide bonds. The topological polar surface area (TPSA) is 98.1 Å². The molecule has 1 saturated heterocycles. The summed E-state index contributed by atoms with van der Waals surface area (Å²) in [6.07, 6.45) is 4.35. The molecule has 1 fully saturated rings. The molecule has 1 N–H and O–H groups in total. The van der Waals surface area contributed by atoms with Gasteiger partial charge in [-0.2, -0.15) is 5.26 Å². The number of amides is 1. The molecule has 8 nitrogen and oxygen atoms in total. The van der Waals surface area contributed by atoms with E-state index in [0.29, 0.717) is 30.1 Å². The summed E-state index contributed by atoms with van der Waals surface area (Å²) in [5.74, 6) is 0.430. The van der Waals surface area contributed by atoms with E-state index in [0.717, 1.165) is 41.7 Å². The molecule has 1 aliphatic heterocycles. The Morgan fingerprint density at radius 1 is 1.08 bits per heavy atom. The number of imidazole rings is 1. The number of nitrogens with one attached hydrogen (secondary N) is 1. The van der Waals surface area contributed by atoms with Gasteiger partial charge in [0.15, 0.2) is 0 Å². The third kappa shape index (κ3) is 6.55. The number of halogens is 3. The van der Waals surface area contributed by atoms with Gasteiger partial charge in [0, 0.05) is 43.8 Å². The van der Waals surface area contributed by atoms with E-state index in [9.17, 15) is 4.79 Å². The molecule has 4 aromatic rings. The molecule has 0 bridgehead atoms. The van der Waals surface area contributed by atoms with Crippen LogP contribution in [-0.2, 0) is 6.42 Å². The molecule has 1 atom stereocenters. The molecule has 3 heterocycles. The van der Waals surface area contributed by atoms with Crippen LogP contribution in [0, 0.1) is 11.3 Å². The lowest BCUT2D eigenvalue weighted by molar-refractivity contribution is 0.0564. The number of H-pyrrole nitrogens is 1.